The molecule has 2 aromatic heterocycles. The minimum atomic E-state index is -2.19. The van der Waals surface area contributed by atoms with Crippen LogP contribution in [0.25, 0.3) is 95.0 Å². The maximum absolute atomic E-state index is 12.5. The molecule has 4 heteroatoms. The predicted octanol–water partition coefficient (Wildman–Crippen LogP) is 17.5. The topological polar surface area (TPSA) is 50.9 Å². The highest BCUT2D eigenvalue weighted by Gasteiger charge is 2.26. The summed E-state index contributed by atoms with van der Waals surface area (Å²) in [5.74, 6) is 0.0770. The number of fused-ring (bicyclic) bond motifs is 1. The average molecular weight is 888 g/mol. The largest absolute Gasteiger partial charge is 0.507 e. The van der Waals surface area contributed by atoms with Crippen LogP contribution in [0.15, 0.2) is 194 Å². The Kier molecular flexibility index (Phi) is 10.7. The van der Waals surface area contributed by atoms with Crippen LogP contribution in [0.3, 0.4) is 0 Å². The second kappa shape index (κ2) is 18.5. The molecule has 0 atom stereocenters. The van der Waals surface area contributed by atoms with Crippen LogP contribution in [0.5, 0.6) is 5.75 Å². The zero-order valence-electron chi connectivity index (χ0n) is 43.4. The van der Waals surface area contributed by atoms with E-state index in [0.29, 0.717) is 17.0 Å². The molecular weight excluding hydrogens is 827 g/mol. The lowest BCUT2D eigenvalue weighted by molar-refractivity contribution is 0.466. The number of nitrogens with zero attached hydrogens (tertiary/aromatic N) is 3. The number of phenolic OH excluding ortho intramolecular Hbond substituents is 1. The number of aromatic nitrogens is 3. The molecule has 0 spiro atoms. The van der Waals surface area contributed by atoms with Crippen molar-refractivity contribution in [2.75, 3.05) is 0 Å². The highest BCUT2D eigenvalue weighted by atomic mass is 16.3. The molecule has 8 aromatic carbocycles. The number of benzene rings is 8. The normalized spacial score (nSPS) is 12.8. The Labute approximate surface area is 406 Å². The third kappa shape index (κ3) is 8.43. The van der Waals surface area contributed by atoms with Crippen LogP contribution < -0.4 is 0 Å². The van der Waals surface area contributed by atoms with Gasteiger partial charge < -0.3 is 5.11 Å². The fraction of sp³-hybridized carbons (Fsp3) is 0.156. The Morgan fingerprint density at radius 3 is 1.76 bits per heavy atom. The zero-order valence-corrected chi connectivity index (χ0v) is 39.4. The molecule has 1 N–H and O–H groups in total. The van der Waals surface area contributed by atoms with E-state index in [1.807, 2.05) is 86.6 Å². The van der Waals surface area contributed by atoms with Crippen LogP contribution in [-0.2, 0) is 0 Å². The highest BCUT2D eigenvalue weighted by molar-refractivity contribution is 5.99. The number of hydrogen-bond donors (Lipinski definition) is 1. The van der Waals surface area contributed by atoms with Crippen LogP contribution in [0, 0.1) is 6.85 Å². The molecule has 10 rings (SSSR count). The highest BCUT2D eigenvalue weighted by Crippen LogP contribution is 2.46. The molecule has 0 bridgehead atoms. The monoisotopic (exact) mass is 887 g/mol. The first kappa shape index (κ1) is 39.4. The van der Waals surface area contributed by atoms with Crippen molar-refractivity contribution in [3.8, 4) is 89.7 Å². The van der Waals surface area contributed by atoms with Gasteiger partial charge in [-0.2, -0.15) is 0 Å². The van der Waals surface area contributed by atoms with E-state index in [1.54, 1.807) is 18.3 Å². The summed E-state index contributed by atoms with van der Waals surface area (Å²) in [6, 6.07) is 63.5. The fourth-order valence-corrected chi connectivity index (χ4v) is 9.43. The fourth-order valence-electron chi connectivity index (χ4n) is 9.43. The van der Waals surface area contributed by atoms with Gasteiger partial charge in [0.2, 0.25) is 0 Å². The summed E-state index contributed by atoms with van der Waals surface area (Å²) in [4.78, 5) is 10.6. The summed E-state index contributed by atoms with van der Waals surface area (Å²) >= 11 is 0. The quantitative estimate of drug-likeness (QED) is 0.141. The number of phenols is 1. The first-order valence-corrected chi connectivity index (χ1v) is 23.5. The zero-order chi connectivity index (χ0) is 50.5. The van der Waals surface area contributed by atoms with E-state index in [-0.39, 0.29) is 17.6 Å². The molecule has 0 saturated heterocycles. The second-order valence-corrected chi connectivity index (χ2v) is 18.6. The lowest BCUT2D eigenvalue weighted by Gasteiger charge is -2.22. The van der Waals surface area contributed by atoms with Crippen molar-refractivity contribution >= 4 is 11.0 Å². The van der Waals surface area contributed by atoms with E-state index in [1.165, 1.54) is 0 Å². The van der Waals surface area contributed by atoms with Gasteiger partial charge in [0.15, 0.2) is 0 Å². The van der Waals surface area contributed by atoms with Crippen LogP contribution in [0.4, 0.5) is 0 Å². The molecule has 0 saturated carbocycles. The first-order chi connectivity index (χ1) is 34.5. The molecule has 2 heterocycles. The Hall–Kier alpha value is -7.82. The lowest BCUT2D eigenvalue weighted by Crippen LogP contribution is -2.05. The van der Waals surface area contributed by atoms with Crippen LogP contribution in [-0.4, -0.2) is 19.6 Å². The van der Waals surface area contributed by atoms with Crippen molar-refractivity contribution < 1.29 is 10.6 Å². The lowest BCUT2D eigenvalue weighted by atomic mass is 9.88. The standard InChI is InChI=1S/C64H57N3O/c1-40(2)49-35-55(42(5)6)63(68)58(36-49)64-66-62-53(51-32-50(44-18-11-8-12-19-44)33-52(34-51)59-37-48(30-31-65-59)45-28-26-43(7)27-29-45)24-17-25-60(62)67(64)61-39-56(46-20-13-9-14-21-46)54(41(3)4)38-57(61)47-22-15-10-16-23-47/h8-42,68H,1-7H3/i7D3,41D. The summed E-state index contributed by atoms with van der Waals surface area (Å²) in [6.45, 7) is 10.3. The van der Waals surface area contributed by atoms with Crippen molar-refractivity contribution in [2.45, 2.75) is 66.1 Å². The average Bonchev–Trinajstić information content (AvgIpc) is 3.78. The van der Waals surface area contributed by atoms with Gasteiger partial charge in [-0.1, -0.05) is 181 Å². The van der Waals surface area contributed by atoms with E-state index in [0.717, 1.165) is 100 Å². The number of rotatable bonds is 11. The molecule has 0 amide bonds. The van der Waals surface area contributed by atoms with Crippen LogP contribution in [0.1, 0.15) is 87.0 Å². The Bertz CT molecular complexity index is 3590. The van der Waals surface area contributed by atoms with E-state index in [4.69, 9.17) is 14.1 Å². The minimum Gasteiger partial charge on any atom is -0.507 e. The molecule has 68 heavy (non-hydrogen) atoms. The third-order valence-corrected chi connectivity index (χ3v) is 13.1. The molecule has 0 unspecified atom stereocenters. The summed E-state index contributed by atoms with van der Waals surface area (Å²) in [7, 11) is 0. The van der Waals surface area contributed by atoms with Crippen LogP contribution >= 0.6 is 0 Å². The first-order valence-electron chi connectivity index (χ1n) is 25.5. The number of aromatic hydroxyl groups is 1. The van der Waals surface area contributed by atoms with Gasteiger partial charge in [0, 0.05) is 28.4 Å². The van der Waals surface area contributed by atoms with E-state index in [9.17, 15) is 6.48 Å². The van der Waals surface area contributed by atoms with Crippen molar-refractivity contribution in [2.24, 2.45) is 0 Å². The SMILES string of the molecule is [2H]C([2H])([2H])c1ccc(-c2ccnc(-c3cc(-c4ccccc4)cc(-c4cccc5c4nc(-c4cc(C(C)C)cc(C(C)C)c4O)n5-c4cc(-c5ccccc5)c(C([2H])(C)C)cc4-c4ccccc4)c3)c2)cc1. The number of para-hydroxylation sites is 1. The molecule has 0 aliphatic carbocycles. The Balaban J connectivity index is 1.28. The number of imidazole rings is 1. The maximum atomic E-state index is 12.5. The Morgan fingerprint density at radius 1 is 0.485 bits per heavy atom. The van der Waals surface area contributed by atoms with Crippen LogP contribution in [0.2, 0.25) is 0 Å². The van der Waals surface area contributed by atoms with E-state index >= 15 is 0 Å². The minimum absolute atomic E-state index is 0.0405. The molecule has 0 aliphatic heterocycles. The second-order valence-electron chi connectivity index (χ2n) is 18.6. The number of pyridine rings is 1. The van der Waals surface area contributed by atoms with Crippen molar-refractivity contribution in [3.05, 3.63) is 217 Å². The van der Waals surface area contributed by atoms with Gasteiger partial charge in [-0.25, -0.2) is 4.98 Å². The number of aryl methyl sites for hydroxylation is 1. The van der Waals surface area contributed by atoms with Gasteiger partial charge in [-0.05, 0) is 140 Å². The van der Waals surface area contributed by atoms with Gasteiger partial charge in [0.25, 0.3) is 0 Å². The molecule has 4 nitrogen and oxygen atoms in total. The van der Waals surface area contributed by atoms with Gasteiger partial charge in [0.05, 0.1) is 28.0 Å². The molecule has 10 aromatic rings. The van der Waals surface area contributed by atoms with E-state index < -0.39 is 12.7 Å². The van der Waals surface area contributed by atoms with Gasteiger partial charge >= 0.3 is 0 Å². The smallest absolute Gasteiger partial charge is 0.149 e. The predicted molar refractivity (Wildman–Crippen MR) is 286 cm³/mol. The molecule has 0 aliphatic rings. The molecule has 0 radical (unpaired) electrons. The summed E-state index contributed by atoms with van der Waals surface area (Å²) in [5, 5.41) is 12.5. The molecular formula is C64H57N3O. The van der Waals surface area contributed by atoms with Crippen molar-refractivity contribution in [1.29, 1.82) is 0 Å². The van der Waals surface area contributed by atoms with Crippen molar-refractivity contribution in [3.63, 3.8) is 0 Å². The number of hydrogen-bond acceptors (Lipinski definition) is 3. The van der Waals surface area contributed by atoms with Gasteiger partial charge in [-0.3, -0.25) is 9.55 Å². The third-order valence-electron chi connectivity index (χ3n) is 13.1. The van der Waals surface area contributed by atoms with Gasteiger partial charge in [-0.15, -0.1) is 0 Å². The molecule has 334 valence electrons. The summed E-state index contributed by atoms with van der Waals surface area (Å²) < 4.78 is 35.4. The van der Waals surface area contributed by atoms with Gasteiger partial charge in [0.1, 0.15) is 11.6 Å². The summed E-state index contributed by atoms with van der Waals surface area (Å²) in [6.07, 6.45) is 1.80. The summed E-state index contributed by atoms with van der Waals surface area (Å²) in [5.41, 5.74) is 17.5. The Morgan fingerprint density at radius 2 is 1.12 bits per heavy atom. The van der Waals surface area contributed by atoms with E-state index in [2.05, 4.69) is 135 Å². The molecule has 0 fully saturated rings. The van der Waals surface area contributed by atoms with Crippen molar-refractivity contribution in [1.82, 2.24) is 14.5 Å². The maximum Gasteiger partial charge on any atom is 0.149 e.